The third kappa shape index (κ3) is 5.66. The Balaban J connectivity index is 1.49. The molecule has 0 saturated carbocycles. The summed E-state index contributed by atoms with van der Waals surface area (Å²) in [5.74, 6) is -1.24. The van der Waals surface area contributed by atoms with E-state index in [9.17, 15) is 19.8 Å². The Labute approximate surface area is 206 Å². The fourth-order valence-electron chi connectivity index (χ4n) is 4.61. The van der Waals surface area contributed by atoms with Crippen LogP contribution in [0.4, 0.5) is 0 Å². The molecule has 2 aromatic rings. The molecule has 2 heterocycles. The first-order chi connectivity index (χ1) is 16.6. The first kappa shape index (κ1) is 25.2. The molecule has 2 N–H and O–H groups in total. The van der Waals surface area contributed by atoms with Gasteiger partial charge in [-0.2, -0.15) is 0 Å². The topological polar surface area (TPSA) is 93.5 Å². The zero-order valence-electron chi connectivity index (χ0n) is 21.0. The minimum atomic E-state index is -1.29. The molecule has 1 atom stereocenters. The monoisotopic (exact) mass is 481 g/mol. The number of esters is 1. The summed E-state index contributed by atoms with van der Waals surface area (Å²) in [5.41, 5.74) is 4.29. The van der Waals surface area contributed by atoms with E-state index in [1.54, 1.807) is 11.0 Å². The second-order valence-electron chi connectivity index (χ2n) is 10.0. The first-order valence-electron chi connectivity index (χ1n) is 12.2. The molecule has 2 aromatic carbocycles. The molecule has 8 heteroatoms. The lowest BCUT2D eigenvalue weighted by atomic mass is 9.98. The molecule has 2 aliphatic rings. The summed E-state index contributed by atoms with van der Waals surface area (Å²) in [7, 11) is 2.15. The van der Waals surface area contributed by atoms with Crippen LogP contribution in [0, 0.1) is 0 Å². The standard InChI is InChI=1S/C27H35N3O5/c1-17(2)22-12-23(24(32)13-25(22)35-27(34)18(3)31)26(33)30-15-20-6-5-19(11-21(20)16-30)14-29-9-7-28(4)8-10-29/h5-6,11-13,17-18,31-32H,7-10,14-16H2,1-4H3. The third-order valence-electron chi connectivity index (χ3n) is 6.81. The van der Waals surface area contributed by atoms with Crippen molar-refractivity contribution >= 4 is 11.9 Å². The Kier molecular flexibility index (Phi) is 7.44. The van der Waals surface area contributed by atoms with Gasteiger partial charge in [-0.15, -0.1) is 0 Å². The fraction of sp³-hybridized carbons (Fsp3) is 0.481. The number of aliphatic hydroxyl groups excluding tert-OH is 1. The van der Waals surface area contributed by atoms with Gasteiger partial charge in [0.1, 0.15) is 17.6 Å². The van der Waals surface area contributed by atoms with Crippen LogP contribution in [-0.4, -0.2) is 76.1 Å². The lowest BCUT2D eigenvalue weighted by Crippen LogP contribution is -2.43. The van der Waals surface area contributed by atoms with Gasteiger partial charge < -0.3 is 24.7 Å². The summed E-state index contributed by atoms with van der Waals surface area (Å²) < 4.78 is 5.26. The van der Waals surface area contributed by atoms with Crippen LogP contribution in [-0.2, 0) is 24.4 Å². The smallest absolute Gasteiger partial charge is 0.340 e. The van der Waals surface area contributed by atoms with Gasteiger partial charge in [0.2, 0.25) is 0 Å². The quantitative estimate of drug-likeness (QED) is 0.484. The van der Waals surface area contributed by atoms with Crippen molar-refractivity contribution < 1.29 is 24.5 Å². The Morgan fingerprint density at radius 2 is 1.69 bits per heavy atom. The Hall–Kier alpha value is -2.94. The largest absolute Gasteiger partial charge is 0.507 e. The summed E-state index contributed by atoms with van der Waals surface area (Å²) in [6.07, 6.45) is -1.29. The van der Waals surface area contributed by atoms with E-state index in [-0.39, 0.29) is 28.9 Å². The number of amides is 1. The minimum absolute atomic E-state index is 0.0631. The predicted octanol–water partition coefficient (Wildman–Crippen LogP) is 2.71. The van der Waals surface area contributed by atoms with E-state index in [0.29, 0.717) is 18.7 Å². The lowest BCUT2D eigenvalue weighted by molar-refractivity contribution is -0.142. The van der Waals surface area contributed by atoms with Gasteiger partial charge >= 0.3 is 5.97 Å². The molecule has 2 aliphatic heterocycles. The maximum atomic E-state index is 13.4. The number of piperazine rings is 1. The van der Waals surface area contributed by atoms with Crippen molar-refractivity contribution in [1.29, 1.82) is 0 Å². The molecule has 0 bridgehead atoms. The predicted molar refractivity (Wildman–Crippen MR) is 132 cm³/mol. The number of ether oxygens (including phenoxy) is 1. The molecular formula is C27H35N3O5. The van der Waals surface area contributed by atoms with Gasteiger partial charge in [-0.25, -0.2) is 4.79 Å². The van der Waals surface area contributed by atoms with Gasteiger partial charge in [0.05, 0.1) is 5.56 Å². The molecule has 0 radical (unpaired) electrons. The van der Waals surface area contributed by atoms with Gasteiger partial charge in [-0.3, -0.25) is 9.69 Å². The number of aromatic hydroxyl groups is 1. The van der Waals surface area contributed by atoms with E-state index < -0.39 is 12.1 Å². The number of carbonyl (C=O) groups is 2. The van der Waals surface area contributed by atoms with Crippen LogP contribution in [0.25, 0.3) is 0 Å². The van der Waals surface area contributed by atoms with Gasteiger partial charge in [0, 0.05) is 51.9 Å². The number of likely N-dealkylation sites (N-methyl/N-ethyl adjacent to an activating group) is 1. The number of rotatable bonds is 6. The number of carbonyl (C=O) groups excluding carboxylic acids is 2. The van der Waals surface area contributed by atoms with Crippen molar-refractivity contribution in [1.82, 2.24) is 14.7 Å². The molecule has 188 valence electrons. The highest BCUT2D eigenvalue weighted by Gasteiger charge is 2.28. The minimum Gasteiger partial charge on any atom is -0.507 e. The molecule has 0 spiro atoms. The SMILES string of the molecule is CC(O)C(=O)Oc1cc(O)c(C(=O)N2Cc3ccc(CN4CCN(C)CC4)cc3C2)cc1C(C)C. The zero-order chi connectivity index (χ0) is 25.3. The third-order valence-corrected chi connectivity index (χ3v) is 6.81. The van der Waals surface area contributed by atoms with Crippen LogP contribution >= 0.6 is 0 Å². The van der Waals surface area contributed by atoms with E-state index in [1.807, 2.05) is 13.8 Å². The maximum absolute atomic E-state index is 13.4. The van der Waals surface area contributed by atoms with Crippen molar-refractivity contribution in [2.24, 2.45) is 0 Å². The summed E-state index contributed by atoms with van der Waals surface area (Å²) in [6, 6.07) is 9.32. The highest BCUT2D eigenvalue weighted by Crippen LogP contribution is 2.35. The van der Waals surface area contributed by atoms with Crippen LogP contribution in [0.3, 0.4) is 0 Å². The summed E-state index contributed by atoms with van der Waals surface area (Å²) in [5, 5.41) is 20.1. The van der Waals surface area contributed by atoms with Gasteiger partial charge in [-0.05, 0) is 48.2 Å². The second kappa shape index (κ2) is 10.4. The van der Waals surface area contributed by atoms with Crippen LogP contribution in [0.1, 0.15) is 59.3 Å². The zero-order valence-corrected chi connectivity index (χ0v) is 21.0. The van der Waals surface area contributed by atoms with E-state index >= 15 is 0 Å². The van der Waals surface area contributed by atoms with Crippen molar-refractivity contribution in [2.75, 3.05) is 33.2 Å². The average Bonchev–Trinajstić information content (AvgIpc) is 3.23. The number of benzene rings is 2. The molecule has 0 aliphatic carbocycles. The van der Waals surface area contributed by atoms with Crippen molar-refractivity contribution in [3.8, 4) is 11.5 Å². The second-order valence-corrected chi connectivity index (χ2v) is 10.0. The fourth-order valence-corrected chi connectivity index (χ4v) is 4.61. The highest BCUT2D eigenvalue weighted by atomic mass is 16.5. The van der Waals surface area contributed by atoms with Gasteiger partial charge in [0.25, 0.3) is 5.91 Å². The molecule has 4 rings (SSSR count). The number of phenolic OH excluding ortho intramolecular Hbond substituents is 1. The molecule has 1 amide bonds. The van der Waals surface area contributed by atoms with Crippen LogP contribution < -0.4 is 4.74 Å². The molecule has 1 fully saturated rings. The Bertz CT molecular complexity index is 1110. The molecule has 1 unspecified atom stereocenters. The first-order valence-corrected chi connectivity index (χ1v) is 12.2. The number of hydrogen-bond donors (Lipinski definition) is 2. The average molecular weight is 482 g/mol. The summed E-state index contributed by atoms with van der Waals surface area (Å²) in [6.45, 7) is 11.3. The lowest BCUT2D eigenvalue weighted by Gasteiger charge is -2.32. The van der Waals surface area contributed by atoms with Crippen molar-refractivity contribution in [2.45, 2.75) is 52.4 Å². The van der Waals surface area contributed by atoms with E-state index in [0.717, 1.165) is 43.9 Å². The van der Waals surface area contributed by atoms with E-state index in [4.69, 9.17) is 4.74 Å². The van der Waals surface area contributed by atoms with Crippen molar-refractivity contribution in [3.05, 3.63) is 58.1 Å². The number of nitrogens with zero attached hydrogens (tertiary/aromatic N) is 3. The molecule has 1 saturated heterocycles. The van der Waals surface area contributed by atoms with E-state index in [1.165, 1.54) is 18.6 Å². The molecule has 0 aromatic heterocycles. The highest BCUT2D eigenvalue weighted by molar-refractivity contribution is 5.98. The Morgan fingerprint density at radius 1 is 1.00 bits per heavy atom. The Morgan fingerprint density at radius 3 is 2.34 bits per heavy atom. The number of aliphatic hydroxyl groups is 1. The molecular weight excluding hydrogens is 446 g/mol. The summed E-state index contributed by atoms with van der Waals surface area (Å²) >= 11 is 0. The van der Waals surface area contributed by atoms with Gasteiger partial charge in [0.15, 0.2) is 0 Å². The number of fused-ring (bicyclic) bond motifs is 1. The van der Waals surface area contributed by atoms with E-state index in [2.05, 4.69) is 35.0 Å². The maximum Gasteiger partial charge on any atom is 0.340 e. The molecule has 8 nitrogen and oxygen atoms in total. The van der Waals surface area contributed by atoms with Crippen LogP contribution in [0.15, 0.2) is 30.3 Å². The van der Waals surface area contributed by atoms with Gasteiger partial charge in [-0.1, -0.05) is 32.0 Å². The number of hydrogen-bond acceptors (Lipinski definition) is 7. The molecule has 35 heavy (non-hydrogen) atoms. The van der Waals surface area contributed by atoms with Crippen LogP contribution in [0.5, 0.6) is 11.5 Å². The van der Waals surface area contributed by atoms with Crippen LogP contribution in [0.2, 0.25) is 0 Å². The number of phenols is 1. The summed E-state index contributed by atoms with van der Waals surface area (Å²) in [4.78, 5) is 31.8. The van der Waals surface area contributed by atoms with Crippen molar-refractivity contribution in [3.63, 3.8) is 0 Å². The normalized spacial score (nSPS) is 17.5.